The van der Waals surface area contributed by atoms with Gasteiger partial charge >= 0.3 is 0 Å². The normalized spacial score (nSPS) is 15.3. The van der Waals surface area contributed by atoms with Crippen LogP contribution in [0.25, 0.3) is 0 Å². The molecule has 0 bridgehead atoms. The Morgan fingerprint density at radius 3 is 2.75 bits per heavy atom. The van der Waals surface area contributed by atoms with E-state index in [9.17, 15) is 0 Å². The first-order chi connectivity index (χ1) is 7.66. The summed E-state index contributed by atoms with van der Waals surface area (Å²) in [5.41, 5.74) is 0. The van der Waals surface area contributed by atoms with Crippen LogP contribution in [0.15, 0.2) is 17.5 Å². The number of hydrogen-bond acceptors (Lipinski definition) is 3. The first-order valence-electron chi connectivity index (χ1n) is 6.12. The zero-order valence-electron chi connectivity index (χ0n) is 10.9. The van der Waals surface area contributed by atoms with Crippen LogP contribution in [0.3, 0.4) is 0 Å². The van der Waals surface area contributed by atoms with Gasteiger partial charge in [-0.1, -0.05) is 13.0 Å². The molecule has 0 radical (unpaired) electrons. The second kappa shape index (κ2) is 7.05. The molecule has 0 spiro atoms. The molecule has 0 aliphatic heterocycles. The Morgan fingerprint density at radius 1 is 1.44 bits per heavy atom. The summed E-state index contributed by atoms with van der Waals surface area (Å²) in [6, 6.07) is 5.50. The fraction of sp³-hybridized carbons (Fsp3) is 0.692. The van der Waals surface area contributed by atoms with E-state index in [-0.39, 0.29) is 0 Å². The highest BCUT2D eigenvalue weighted by molar-refractivity contribution is 7.10. The lowest BCUT2D eigenvalue weighted by Crippen LogP contribution is -2.33. The summed E-state index contributed by atoms with van der Waals surface area (Å²) in [6.07, 6.45) is 1.21. The molecule has 2 nitrogen and oxygen atoms in total. The predicted molar refractivity (Wildman–Crippen MR) is 73.1 cm³/mol. The van der Waals surface area contributed by atoms with Crippen molar-refractivity contribution in [2.45, 2.75) is 39.3 Å². The fourth-order valence-corrected chi connectivity index (χ4v) is 2.64. The van der Waals surface area contributed by atoms with E-state index in [1.165, 1.54) is 11.3 Å². The van der Waals surface area contributed by atoms with Gasteiger partial charge < -0.3 is 5.32 Å². The Hall–Kier alpha value is -0.380. The molecule has 1 N–H and O–H groups in total. The monoisotopic (exact) mass is 240 g/mol. The van der Waals surface area contributed by atoms with Crippen LogP contribution >= 0.6 is 11.3 Å². The van der Waals surface area contributed by atoms with Crippen molar-refractivity contribution in [2.75, 3.05) is 20.1 Å². The van der Waals surface area contributed by atoms with Gasteiger partial charge in [0.15, 0.2) is 0 Å². The van der Waals surface area contributed by atoms with E-state index in [0.717, 1.165) is 13.1 Å². The number of nitrogens with zero attached hydrogens (tertiary/aromatic N) is 1. The van der Waals surface area contributed by atoms with Crippen LogP contribution < -0.4 is 5.32 Å². The summed E-state index contributed by atoms with van der Waals surface area (Å²) >= 11 is 1.85. The number of nitrogens with one attached hydrogen (secondary N) is 1. The van der Waals surface area contributed by atoms with Crippen molar-refractivity contribution in [2.24, 2.45) is 0 Å². The summed E-state index contributed by atoms with van der Waals surface area (Å²) in [7, 11) is 2.22. The second-order valence-electron chi connectivity index (χ2n) is 4.35. The van der Waals surface area contributed by atoms with Gasteiger partial charge in [-0.3, -0.25) is 4.90 Å². The summed E-state index contributed by atoms with van der Waals surface area (Å²) in [4.78, 5) is 3.92. The maximum Gasteiger partial charge on any atom is 0.0413 e. The third-order valence-electron chi connectivity index (χ3n) is 3.25. The van der Waals surface area contributed by atoms with Gasteiger partial charge in [-0.15, -0.1) is 11.3 Å². The highest BCUT2D eigenvalue weighted by Crippen LogP contribution is 2.25. The number of hydrogen-bond donors (Lipinski definition) is 1. The zero-order valence-corrected chi connectivity index (χ0v) is 11.7. The fourth-order valence-electron chi connectivity index (χ4n) is 1.80. The van der Waals surface area contributed by atoms with Crippen molar-refractivity contribution in [3.63, 3.8) is 0 Å². The van der Waals surface area contributed by atoms with Crippen LogP contribution in [-0.2, 0) is 0 Å². The third-order valence-corrected chi connectivity index (χ3v) is 4.29. The summed E-state index contributed by atoms with van der Waals surface area (Å²) in [5, 5.41) is 5.54. The van der Waals surface area contributed by atoms with Crippen LogP contribution in [0.2, 0.25) is 0 Å². The van der Waals surface area contributed by atoms with Crippen molar-refractivity contribution in [1.29, 1.82) is 0 Å². The van der Waals surface area contributed by atoms with Gasteiger partial charge in [-0.2, -0.15) is 0 Å². The quantitative estimate of drug-likeness (QED) is 0.737. The van der Waals surface area contributed by atoms with E-state index in [1.807, 2.05) is 11.3 Å². The molecule has 0 aliphatic rings. The van der Waals surface area contributed by atoms with Crippen LogP contribution in [0.5, 0.6) is 0 Å². The Kier molecular flexibility index (Phi) is 6.03. The molecule has 3 heteroatoms. The van der Waals surface area contributed by atoms with Crippen molar-refractivity contribution in [1.82, 2.24) is 10.2 Å². The van der Waals surface area contributed by atoms with Crippen molar-refractivity contribution in [3.05, 3.63) is 22.4 Å². The molecule has 0 fully saturated rings. The van der Waals surface area contributed by atoms with E-state index in [4.69, 9.17) is 0 Å². The average Bonchev–Trinajstić information content (AvgIpc) is 2.80. The lowest BCUT2D eigenvalue weighted by molar-refractivity contribution is 0.190. The van der Waals surface area contributed by atoms with E-state index < -0.39 is 0 Å². The van der Waals surface area contributed by atoms with E-state index >= 15 is 0 Å². The molecule has 0 amide bonds. The van der Waals surface area contributed by atoms with Crippen LogP contribution in [-0.4, -0.2) is 31.1 Å². The molecule has 1 heterocycles. The minimum absolute atomic E-state index is 0.525. The number of rotatable bonds is 7. The van der Waals surface area contributed by atoms with Crippen LogP contribution in [0.1, 0.15) is 38.1 Å². The molecular formula is C13H24N2S. The minimum atomic E-state index is 0.525. The lowest BCUT2D eigenvalue weighted by Gasteiger charge is -2.30. The molecule has 2 unspecified atom stereocenters. The molecule has 2 atom stereocenters. The van der Waals surface area contributed by atoms with E-state index in [2.05, 4.69) is 55.5 Å². The van der Waals surface area contributed by atoms with Crippen LogP contribution in [0.4, 0.5) is 0 Å². The van der Waals surface area contributed by atoms with Gasteiger partial charge in [0.2, 0.25) is 0 Å². The molecule has 1 aromatic heterocycles. The van der Waals surface area contributed by atoms with Gasteiger partial charge in [-0.25, -0.2) is 0 Å². The first-order valence-corrected chi connectivity index (χ1v) is 7.00. The molecule has 0 saturated carbocycles. The lowest BCUT2D eigenvalue weighted by atomic mass is 10.1. The van der Waals surface area contributed by atoms with Crippen molar-refractivity contribution in [3.8, 4) is 0 Å². The van der Waals surface area contributed by atoms with Gasteiger partial charge in [0.25, 0.3) is 0 Å². The Bertz CT molecular complexity index is 271. The topological polar surface area (TPSA) is 15.3 Å². The first kappa shape index (κ1) is 13.7. The molecular weight excluding hydrogens is 216 g/mol. The average molecular weight is 240 g/mol. The van der Waals surface area contributed by atoms with Crippen molar-refractivity contribution < 1.29 is 0 Å². The van der Waals surface area contributed by atoms with Gasteiger partial charge in [0, 0.05) is 17.0 Å². The Balaban J connectivity index is 2.40. The smallest absolute Gasteiger partial charge is 0.0413 e. The largest absolute Gasteiger partial charge is 0.317 e. The predicted octanol–water partition coefficient (Wildman–Crippen LogP) is 3.13. The third kappa shape index (κ3) is 3.89. The number of thiophene rings is 1. The van der Waals surface area contributed by atoms with E-state index in [0.29, 0.717) is 12.1 Å². The summed E-state index contributed by atoms with van der Waals surface area (Å²) in [6.45, 7) is 8.93. The van der Waals surface area contributed by atoms with E-state index in [1.54, 1.807) is 0 Å². The van der Waals surface area contributed by atoms with Gasteiger partial charge in [0.1, 0.15) is 0 Å². The highest BCUT2D eigenvalue weighted by Gasteiger charge is 2.17. The maximum absolute atomic E-state index is 3.38. The highest BCUT2D eigenvalue weighted by atomic mass is 32.1. The maximum atomic E-state index is 3.38. The molecule has 0 saturated heterocycles. The zero-order chi connectivity index (χ0) is 12.0. The van der Waals surface area contributed by atoms with Gasteiger partial charge in [0.05, 0.1) is 0 Å². The molecule has 1 rings (SSSR count). The Morgan fingerprint density at radius 2 is 2.19 bits per heavy atom. The molecule has 0 aliphatic carbocycles. The summed E-state index contributed by atoms with van der Waals surface area (Å²) < 4.78 is 0. The standard InChI is InChI=1S/C13H24N2S/c1-5-14-9-8-11(2)15(4)12(3)13-7-6-10-16-13/h6-7,10-12,14H,5,8-9H2,1-4H3. The van der Waals surface area contributed by atoms with Gasteiger partial charge in [-0.05, 0) is 51.9 Å². The molecule has 16 heavy (non-hydrogen) atoms. The van der Waals surface area contributed by atoms with Crippen molar-refractivity contribution >= 4 is 11.3 Å². The molecule has 92 valence electrons. The second-order valence-corrected chi connectivity index (χ2v) is 5.33. The summed E-state index contributed by atoms with van der Waals surface area (Å²) in [5.74, 6) is 0. The SMILES string of the molecule is CCNCCC(C)N(C)C(C)c1cccs1. The minimum Gasteiger partial charge on any atom is -0.317 e. The molecule has 1 aromatic rings. The Labute approximate surface area is 104 Å². The molecule has 0 aromatic carbocycles. The van der Waals surface area contributed by atoms with Crippen LogP contribution in [0, 0.1) is 0 Å².